The second kappa shape index (κ2) is 51.4. The Bertz CT molecular complexity index is 1180. The van der Waals surface area contributed by atoms with Gasteiger partial charge in [0.1, 0.15) is 0 Å². The summed E-state index contributed by atoms with van der Waals surface area (Å²) in [6.07, 6.45) is 77.9. The molecule has 0 aliphatic carbocycles. The van der Waals surface area contributed by atoms with Crippen molar-refractivity contribution in [3.8, 4) is 0 Å². The fourth-order valence-corrected chi connectivity index (χ4v) is 7.10. The minimum absolute atomic E-state index is 0.0870. The second-order valence-corrected chi connectivity index (χ2v) is 16.8. The highest BCUT2D eigenvalue weighted by Gasteiger charge is 2.17. The number of aliphatic hydroxyl groups excluding tert-OH is 2. The first-order chi connectivity index (χ1) is 30.2. The highest BCUT2D eigenvalue weighted by atomic mass is 16.3. The molecule has 0 aromatic rings. The van der Waals surface area contributed by atoms with Crippen molar-refractivity contribution in [3.05, 3.63) is 109 Å². The molecule has 3 N–H and O–H groups in total. The highest BCUT2D eigenvalue weighted by molar-refractivity contribution is 5.76. The molecule has 0 rings (SSSR count). The largest absolute Gasteiger partial charge is 0.394 e. The Hall–Kier alpha value is -2.95. The fraction of sp³-hybridized carbons (Fsp3) is 0.667. The molecule has 1 amide bonds. The van der Waals surface area contributed by atoms with Gasteiger partial charge in [-0.2, -0.15) is 0 Å². The monoisotopic (exact) mass is 844 g/mol. The maximum absolute atomic E-state index is 12.4. The number of carbonyl (C=O) groups excluding carboxylic acids is 1. The van der Waals surface area contributed by atoms with Crippen LogP contribution in [-0.4, -0.2) is 34.9 Å². The van der Waals surface area contributed by atoms with Gasteiger partial charge in [0.05, 0.1) is 18.8 Å². The Balaban J connectivity index is 3.65. The molecule has 0 saturated heterocycles. The number of nitrogens with one attached hydrogen (secondary N) is 1. The van der Waals surface area contributed by atoms with E-state index >= 15 is 0 Å². The van der Waals surface area contributed by atoms with Gasteiger partial charge in [-0.25, -0.2) is 0 Å². The molecule has 0 aliphatic heterocycles. The van der Waals surface area contributed by atoms with E-state index in [4.69, 9.17) is 0 Å². The molecule has 0 radical (unpaired) electrons. The predicted octanol–water partition coefficient (Wildman–Crippen LogP) is 16.7. The molecule has 348 valence electrons. The number of unbranched alkanes of at least 4 members (excludes halogenated alkanes) is 22. The molecule has 0 spiro atoms. The van der Waals surface area contributed by atoms with Crippen LogP contribution >= 0.6 is 0 Å². The molecule has 0 fully saturated rings. The highest BCUT2D eigenvalue weighted by Crippen LogP contribution is 2.14. The lowest BCUT2D eigenvalue weighted by molar-refractivity contribution is -0.123. The fourth-order valence-electron chi connectivity index (χ4n) is 7.10. The van der Waals surface area contributed by atoms with Crippen LogP contribution in [0.4, 0.5) is 0 Å². The number of aliphatic hydroxyl groups is 2. The topological polar surface area (TPSA) is 69.6 Å². The Morgan fingerprint density at radius 1 is 0.410 bits per heavy atom. The van der Waals surface area contributed by atoms with E-state index in [2.05, 4.69) is 116 Å². The molecule has 2 atom stereocenters. The van der Waals surface area contributed by atoms with Gasteiger partial charge in [-0.3, -0.25) is 4.79 Å². The molecule has 0 aromatic carbocycles. The van der Waals surface area contributed by atoms with Crippen molar-refractivity contribution in [2.75, 3.05) is 6.61 Å². The summed E-state index contributed by atoms with van der Waals surface area (Å²) >= 11 is 0. The summed E-state index contributed by atoms with van der Waals surface area (Å²) in [6.45, 7) is 4.17. The lowest BCUT2D eigenvalue weighted by Crippen LogP contribution is -2.45. The van der Waals surface area contributed by atoms with Crippen molar-refractivity contribution in [1.29, 1.82) is 0 Å². The molecule has 0 aromatic heterocycles. The molecule has 2 unspecified atom stereocenters. The first-order valence-electron chi connectivity index (χ1n) is 25.6. The van der Waals surface area contributed by atoms with Gasteiger partial charge in [0.15, 0.2) is 0 Å². The predicted molar refractivity (Wildman–Crippen MR) is 271 cm³/mol. The minimum Gasteiger partial charge on any atom is -0.394 e. The maximum atomic E-state index is 12.4. The van der Waals surface area contributed by atoms with Crippen molar-refractivity contribution >= 4 is 5.91 Å². The van der Waals surface area contributed by atoms with E-state index in [-0.39, 0.29) is 12.5 Å². The van der Waals surface area contributed by atoms with Gasteiger partial charge in [-0.05, 0) is 96.3 Å². The summed E-state index contributed by atoms with van der Waals surface area (Å²) < 4.78 is 0. The quantitative estimate of drug-likeness (QED) is 0.0422. The average Bonchev–Trinajstić information content (AvgIpc) is 3.26. The molecule has 0 heterocycles. The summed E-state index contributed by atoms with van der Waals surface area (Å²) in [5, 5.41) is 23.1. The Kier molecular flexibility index (Phi) is 48.9. The van der Waals surface area contributed by atoms with Gasteiger partial charge < -0.3 is 15.5 Å². The van der Waals surface area contributed by atoms with E-state index < -0.39 is 12.1 Å². The number of hydrogen-bond acceptors (Lipinski definition) is 3. The molecule has 0 aliphatic rings. The number of amides is 1. The van der Waals surface area contributed by atoms with Crippen molar-refractivity contribution < 1.29 is 15.0 Å². The number of hydrogen-bond donors (Lipinski definition) is 3. The van der Waals surface area contributed by atoms with Gasteiger partial charge in [0, 0.05) is 6.42 Å². The number of rotatable bonds is 45. The van der Waals surface area contributed by atoms with Crippen LogP contribution < -0.4 is 5.32 Å². The SMILES string of the molecule is CC/C=C\C/C=C\C/C=C\C/C=C\C/C=C\C/C=C\CCCCCCCCCCCCC(=O)NC(CO)C(O)/C=C/CC/C=C/CC/C=C/CCCCCCCCCCCC. The van der Waals surface area contributed by atoms with Gasteiger partial charge in [-0.1, -0.05) is 232 Å². The third-order valence-electron chi connectivity index (χ3n) is 11.0. The number of carbonyl (C=O) groups is 1. The van der Waals surface area contributed by atoms with Crippen LogP contribution in [0.1, 0.15) is 226 Å². The molecular formula is C57H97NO3. The van der Waals surface area contributed by atoms with Crippen molar-refractivity contribution in [3.63, 3.8) is 0 Å². The zero-order valence-corrected chi connectivity index (χ0v) is 39.9. The Morgan fingerprint density at radius 2 is 0.738 bits per heavy atom. The molecule has 0 bridgehead atoms. The van der Waals surface area contributed by atoms with E-state index in [1.54, 1.807) is 6.08 Å². The van der Waals surface area contributed by atoms with Crippen LogP contribution in [0.5, 0.6) is 0 Å². The lowest BCUT2D eigenvalue weighted by atomic mass is 10.0. The van der Waals surface area contributed by atoms with E-state index in [0.717, 1.165) is 83.5 Å². The third kappa shape index (κ3) is 47.9. The lowest BCUT2D eigenvalue weighted by Gasteiger charge is -2.19. The standard InChI is InChI=1S/C57H97NO3/c1-3-5-7-9-11-13-15-17-19-21-23-25-26-27-28-29-30-31-32-33-35-37-39-41-43-45-47-49-51-53-57(61)58-55(54-59)56(60)52-50-48-46-44-42-40-38-36-34-24-22-20-18-16-14-12-10-8-6-4-2/h5,7,11,13,17,19,23,25,27-28,30-31,34,36,42,44,50,52,55-56,59-60H,3-4,6,8-10,12,14-16,18,20-22,24,26,29,32-33,35,37-41,43,45-49,51,53-54H2,1-2H3,(H,58,61)/b7-5-,13-11-,19-17-,25-23-,28-27-,31-30-,36-34+,44-42+,52-50+. The molecule has 4 nitrogen and oxygen atoms in total. The molecule has 61 heavy (non-hydrogen) atoms. The van der Waals surface area contributed by atoms with E-state index in [0.29, 0.717) is 6.42 Å². The Labute approximate surface area is 378 Å². The normalized spacial score (nSPS) is 13.8. The van der Waals surface area contributed by atoms with Crippen molar-refractivity contribution in [2.45, 2.75) is 238 Å². The van der Waals surface area contributed by atoms with Gasteiger partial charge in [-0.15, -0.1) is 0 Å². The number of allylic oxidation sites excluding steroid dienone is 17. The van der Waals surface area contributed by atoms with Crippen LogP contribution in [-0.2, 0) is 4.79 Å². The van der Waals surface area contributed by atoms with Gasteiger partial charge in [0.25, 0.3) is 0 Å². The van der Waals surface area contributed by atoms with Gasteiger partial charge in [0.2, 0.25) is 5.91 Å². The Morgan fingerprint density at radius 3 is 1.15 bits per heavy atom. The van der Waals surface area contributed by atoms with Gasteiger partial charge >= 0.3 is 0 Å². The van der Waals surface area contributed by atoms with E-state index in [1.807, 2.05) is 6.08 Å². The maximum Gasteiger partial charge on any atom is 0.220 e. The van der Waals surface area contributed by atoms with Crippen LogP contribution in [0.25, 0.3) is 0 Å². The summed E-state index contributed by atoms with van der Waals surface area (Å²) in [5.41, 5.74) is 0. The van der Waals surface area contributed by atoms with Crippen molar-refractivity contribution in [1.82, 2.24) is 5.32 Å². The van der Waals surface area contributed by atoms with Crippen LogP contribution in [0.2, 0.25) is 0 Å². The van der Waals surface area contributed by atoms with Crippen LogP contribution in [0, 0.1) is 0 Å². The first kappa shape index (κ1) is 58.1. The van der Waals surface area contributed by atoms with Crippen molar-refractivity contribution in [2.24, 2.45) is 0 Å². The summed E-state index contributed by atoms with van der Waals surface area (Å²) in [4.78, 5) is 12.4. The smallest absolute Gasteiger partial charge is 0.220 e. The summed E-state index contributed by atoms with van der Waals surface area (Å²) in [5.74, 6) is -0.0870. The zero-order chi connectivity index (χ0) is 44.2. The van der Waals surface area contributed by atoms with E-state index in [1.165, 1.54) is 122 Å². The molecule has 0 saturated carbocycles. The summed E-state index contributed by atoms with van der Waals surface area (Å²) in [7, 11) is 0. The van der Waals surface area contributed by atoms with Crippen LogP contribution in [0.15, 0.2) is 109 Å². The third-order valence-corrected chi connectivity index (χ3v) is 11.0. The van der Waals surface area contributed by atoms with E-state index in [9.17, 15) is 15.0 Å². The zero-order valence-electron chi connectivity index (χ0n) is 39.9. The minimum atomic E-state index is -0.879. The second-order valence-electron chi connectivity index (χ2n) is 16.8. The average molecular weight is 844 g/mol. The first-order valence-corrected chi connectivity index (χ1v) is 25.6. The molecule has 4 heteroatoms. The molecular weight excluding hydrogens is 747 g/mol. The van der Waals surface area contributed by atoms with Crippen LogP contribution in [0.3, 0.4) is 0 Å². The summed E-state index contributed by atoms with van der Waals surface area (Å²) in [6, 6.07) is -0.656.